The van der Waals surface area contributed by atoms with Crippen LogP contribution in [-0.4, -0.2) is 0 Å². The summed E-state index contributed by atoms with van der Waals surface area (Å²) in [5.41, 5.74) is 23.3. The topological polar surface area (TPSA) is 3.24 Å². The second-order valence-corrected chi connectivity index (χ2v) is 19.6. The maximum absolute atomic E-state index is 2.60. The normalized spacial score (nSPS) is 15.0. The van der Waals surface area contributed by atoms with Crippen LogP contribution >= 0.6 is 0 Å². The summed E-state index contributed by atoms with van der Waals surface area (Å²) in [7, 11) is 0. The molecule has 13 rings (SSSR count). The van der Waals surface area contributed by atoms with Crippen LogP contribution in [0.3, 0.4) is 0 Å². The molecule has 0 radical (unpaired) electrons. The minimum atomic E-state index is -0.574. The zero-order valence-corrected chi connectivity index (χ0v) is 37.8. The lowest BCUT2D eigenvalue weighted by atomic mass is 9.67. The summed E-state index contributed by atoms with van der Waals surface area (Å²) < 4.78 is 0. The molecule has 0 atom stereocenters. The van der Waals surface area contributed by atoms with Crippen LogP contribution in [0.25, 0.3) is 55.3 Å². The van der Waals surface area contributed by atoms with Gasteiger partial charge in [-0.2, -0.15) is 0 Å². The van der Waals surface area contributed by atoms with Crippen molar-refractivity contribution in [3.05, 3.63) is 269 Å². The van der Waals surface area contributed by atoms with Crippen LogP contribution in [0.4, 0.5) is 17.1 Å². The smallest absolute Gasteiger partial charge is 0.0714 e. The van der Waals surface area contributed by atoms with E-state index in [0.29, 0.717) is 0 Å². The molecule has 1 nitrogen and oxygen atoms in total. The first-order chi connectivity index (χ1) is 32.3. The Bertz CT molecular complexity index is 3440. The molecule has 0 fully saturated rings. The Morgan fingerprint density at radius 1 is 0.288 bits per heavy atom. The Hall–Kier alpha value is -7.74. The Kier molecular flexibility index (Phi) is 8.28. The van der Waals surface area contributed by atoms with Crippen molar-refractivity contribution in [2.45, 2.75) is 43.9 Å². The third-order valence-electron chi connectivity index (χ3n) is 15.5. The highest BCUT2D eigenvalue weighted by Crippen LogP contribution is 2.60. The second-order valence-electron chi connectivity index (χ2n) is 19.6. The second kappa shape index (κ2) is 14.1. The number of hydrogen-bond acceptors (Lipinski definition) is 1. The first-order valence-electron chi connectivity index (χ1n) is 23.4. The molecule has 0 amide bonds. The molecule has 66 heavy (non-hydrogen) atoms. The van der Waals surface area contributed by atoms with Crippen LogP contribution in [-0.2, 0) is 16.2 Å². The molecule has 1 heteroatoms. The zero-order chi connectivity index (χ0) is 44.4. The highest BCUT2D eigenvalue weighted by atomic mass is 15.1. The van der Waals surface area contributed by atoms with Gasteiger partial charge in [0.05, 0.1) is 11.1 Å². The summed E-state index contributed by atoms with van der Waals surface area (Å²) >= 11 is 0. The summed E-state index contributed by atoms with van der Waals surface area (Å²) in [4.78, 5) is 2.60. The molecule has 0 bridgehead atoms. The van der Waals surface area contributed by atoms with Crippen LogP contribution in [0.5, 0.6) is 0 Å². The monoisotopic (exact) mass is 843 g/mol. The summed E-state index contributed by atoms with van der Waals surface area (Å²) in [6.07, 6.45) is 0. The Labute approximate surface area is 388 Å². The van der Waals surface area contributed by atoms with E-state index in [9.17, 15) is 0 Å². The van der Waals surface area contributed by atoms with Gasteiger partial charge in [0.1, 0.15) is 0 Å². The van der Waals surface area contributed by atoms with Gasteiger partial charge in [0.2, 0.25) is 0 Å². The van der Waals surface area contributed by atoms with Gasteiger partial charge >= 0.3 is 0 Å². The average Bonchev–Trinajstić information content (AvgIpc) is 3.88. The summed E-state index contributed by atoms with van der Waals surface area (Å²) in [6.45, 7) is 9.57. The van der Waals surface area contributed by atoms with E-state index >= 15 is 0 Å². The van der Waals surface area contributed by atoms with Gasteiger partial charge < -0.3 is 4.90 Å². The predicted octanol–water partition coefficient (Wildman–Crippen LogP) is 17.0. The SMILES string of the molecule is CC1(C)c2ccccc2-c2ccc(N(c3ccc4c(c3)C(C)(C)c3ccccc3-4)c3cc4c(cc3-c3cccc5ccccc35)-c3ccccc3C4(c3ccccc3)c3ccccc3)cc21. The molecule has 3 aliphatic carbocycles. The molecule has 0 saturated heterocycles. The molecule has 0 aromatic heterocycles. The van der Waals surface area contributed by atoms with Gasteiger partial charge in [0.25, 0.3) is 0 Å². The van der Waals surface area contributed by atoms with E-state index in [4.69, 9.17) is 0 Å². The first kappa shape index (κ1) is 38.7. The van der Waals surface area contributed by atoms with Gasteiger partial charge in [0.15, 0.2) is 0 Å². The maximum Gasteiger partial charge on any atom is 0.0714 e. The van der Waals surface area contributed by atoms with Gasteiger partial charge in [-0.15, -0.1) is 0 Å². The third kappa shape index (κ3) is 5.29. The van der Waals surface area contributed by atoms with Crippen LogP contribution in [0.2, 0.25) is 0 Å². The Balaban J connectivity index is 1.17. The van der Waals surface area contributed by atoms with E-state index in [-0.39, 0.29) is 10.8 Å². The molecule has 0 aliphatic heterocycles. The van der Waals surface area contributed by atoms with Crippen molar-refractivity contribution in [1.29, 1.82) is 0 Å². The van der Waals surface area contributed by atoms with Crippen molar-refractivity contribution in [3.8, 4) is 44.5 Å². The fourth-order valence-corrected chi connectivity index (χ4v) is 12.4. The van der Waals surface area contributed by atoms with E-state index in [0.717, 1.165) is 17.1 Å². The van der Waals surface area contributed by atoms with Crippen LogP contribution in [0.15, 0.2) is 224 Å². The molecule has 3 aliphatic rings. The summed E-state index contributed by atoms with van der Waals surface area (Å²) in [6, 6.07) is 84.8. The van der Waals surface area contributed by atoms with Crippen LogP contribution in [0, 0.1) is 0 Å². The summed E-state index contributed by atoms with van der Waals surface area (Å²) in [5.74, 6) is 0. The molecule has 0 saturated carbocycles. The van der Waals surface area contributed by atoms with Crippen LogP contribution in [0.1, 0.15) is 72.2 Å². The standard InChI is InChI=1S/C65H49N/c1-63(2)56-31-16-13-27-49(56)52-36-34-45(38-59(52)63)66(46-35-37-53-50-28-14-17-32-57(50)64(3,4)60(53)39-46)62-41-61-54(40-55(62)48-30-19-21-42-20-11-12-26-47(42)48)51-29-15-18-33-58(51)65(61,43-22-7-5-8-23-43)44-24-9-6-10-25-44/h5-41H,1-4H3. The number of rotatable bonds is 6. The third-order valence-corrected chi connectivity index (χ3v) is 15.5. The van der Waals surface area contributed by atoms with Crippen molar-refractivity contribution in [2.24, 2.45) is 0 Å². The molecule has 10 aromatic rings. The quantitative estimate of drug-likeness (QED) is 0.161. The molecular formula is C65H49N. The fraction of sp³-hybridized carbons (Fsp3) is 0.108. The Morgan fingerprint density at radius 3 is 1.30 bits per heavy atom. The minimum Gasteiger partial charge on any atom is -0.310 e. The lowest BCUT2D eigenvalue weighted by Crippen LogP contribution is -2.29. The van der Waals surface area contributed by atoms with E-state index in [1.54, 1.807) is 0 Å². The minimum absolute atomic E-state index is 0.178. The number of benzene rings is 10. The summed E-state index contributed by atoms with van der Waals surface area (Å²) in [5, 5.41) is 2.46. The Morgan fingerprint density at radius 2 is 0.727 bits per heavy atom. The van der Waals surface area contributed by atoms with E-state index in [1.165, 1.54) is 99.8 Å². The molecule has 0 spiro atoms. The van der Waals surface area contributed by atoms with Gasteiger partial charge in [0, 0.05) is 27.8 Å². The number of fused-ring (bicyclic) bond motifs is 10. The van der Waals surface area contributed by atoms with E-state index in [1.807, 2.05) is 0 Å². The van der Waals surface area contributed by atoms with Crippen molar-refractivity contribution >= 4 is 27.8 Å². The highest BCUT2D eigenvalue weighted by molar-refractivity contribution is 6.05. The average molecular weight is 844 g/mol. The van der Waals surface area contributed by atoms with Gasteiger partial charge in [-0.05, 0) is 131 Å². The lowest BCUT2D eigenvalue weighted by molar-refractivity contribution is 0.660. The molecule has 10 aromatic carbocycles. The number of hydrogen-bond donors (Lipinski definition) is 0. The maximum atomic E-state index is 2.60. The van der Waals surface area contributed by atoms with Crippen molar-refractivity contribution < 1.29 is 0 Å². The number of nitrogens with zero attached hydrogens (tertiary/aromatic N) is 1. The lowest BCUT2D eigenvalue weighted by Gasteiger charge is -2.36. The first-order valence-corrected chi connectivity index (χ1v) is 23.4. The van der Waals surface area contributed by atoms with E-state index in [2.05, 4.69) is 257 Å². The van der Waals surface area contributed by atoms with Crippen molar-refractivity contribution in [1.82, 2.24) is 0 Å². The fourth-order valence-electron chi connectivity index (χ4n) is 12.4. The molecular weight excluding hydrogens is 795 g/mol. The molecule has 0 heterocycles. The zero-order valence-electron chi connectivity index (χ0n) is 37.8. The highest BCUT2D eigenvalue weighted by Gasteiger charge is 2.47. The van der Waals surface area contributed by atoms with Crippen molar-refractivity contribution in [2.75, 3.05) is 4.90 Å². The molecule has 0 unspecified atom stereocenters. The molecule has 314 valence electrons. The predicted molar refractivity (Wildman–Crippen MR) is 276 cm³/mol. The van der Waals surface area contributed by atoms with Crippen molar-refractivity contribution in [3.63, 3.8) is 0 Å². The van der Waals surface area contributed by atoms with Gasteiger partial charge in [-0.25, -0.2) is 0 Å². The molecule has 0 N–H and O–H groups in total. The van der Waals surface area contributed by atoms with Gasteiger partial charge in [-0.1, -0.05) is 216 Å². The van der Waals surface area contributed by atoms with Crippen LogP contribution < -0.4 is 4.90 Å². The van der Waals surface area contributed by atoms with Gasteiger partial charge in [-0.3, -0.25) is 0 Å². The number of anilines is 3. The van der Waals surface area contributed by atoms with E-state index < -0.39 is 5.41 Å². The largest absolute Gasteiger partial charge is 0.310 e.